The Bertz CT molecular complexity index is 496. The Labute approximate surface area is 146 Å². The van der Waals surface area contributed by atoms with Crippen molar-refractivity contribution in [2.24, 2.45) is 11.8 Å². The fraction of sp³-hybridized carbons (Fsp3) is 0.588. The molecule has 2 fully saturated rings. The highest BCUT2D eigenvalue weighted by Gasteiger charge is 2.42. The van der Waals surface area contributed by atoms with Gasteiger partial charge < -0.3 is 4.90 Å². The number of rotatable bonds is 4. The second-order valence-electron chi connectivity index (χ2n) is 6.54. The number of hydrogen-bond donors (Lipinski definition) is 0. The molecule has 2 atom stereocenters. The molecule has 0 aromatic heterocycles. The van der Waals surface area contributed by atoms with E-state index in [1.165, 1.54) is 31.5 Å². The molecule has 1 aromatic carbocycles. The summed E-state index contributed by atoms with van der Waals surface area (Å²) in [7, 11) is 4.43. The first-order valence-corrected chi connectivity index (χ1v) is 7.55. The second-order valence-corrected chi connectivity index (χ2v) is 6.54. The molecular weight excluding hydrogens is 317 g/mol. The van der Waals surface area contributed by atoms with Crippen molar-refractivity contribution in [3.05, 3.63) is 35.4 Å². The van der Waals surface area contributed by atoms with Crippen molar-refractivity contribution in [2.45, 2.75) is 25.4 Å². The van der Waals surface area contributed by atoms with Gasteiger partial charge in [-0.05, 0) is 56.5 Å². The fourth-order valence-corrected chi connectivity index (χ4v) is 3.50. The van der Waals surface area contributed by atoms with Gasteiger partial charge >= 0.3 is 0 Å². The molecule has 1 saturated heterocycles. The number of likely N-dealkylation sites (tertiary alicyclic amines) is 1. The summed E-state index contributed by atoms with van der Waals surface area (Å²) in [5, 5.41) is 8.85. The van der Waals surface area contributed by atoms with E-state index < -0.39 is 0 Å². The summed E-state index contributed by atoms with van der Waals surface area (Å²) < 4.78 is 0. The Balaban J connectivity index is 0.00000121. The molecule has 1 aromatic rings. The minimum Gasteiger partial charge on any atom is -0.305 e. The lowest BCUT2D eigenvalue weighted by Gasteiger charge is -2.25. The van der Waals surface area contributed by atoms with Gasteiger partial charge in [0.05, 0.1) is 11.6 Å². The smallest absolute Gasteiger partial charge is 0.0991 e. The molecule has 1 aliphatic heterocycles. The van der Waals surface area contributed by atoms with Crippen molar-refractivity contribution >= 4 is 24.8 Å². The van der Waals surface area contributed by atoms with Crippen LogP contribution >= 0.6 is 24.8 Å². The van der Waals surface area contributed by atoms with Crippen LogP contribution in [-0.4, -0.2) is 43.0 Å². The van der Waals surface area contributed by atoms with Crippen molar-refractivity contribution in [3.63, 3.8) is 0 Å². The van der Waals surface area contributed by atoms with Crippen LogP contribution in [0.1, 0.15) is 24.0 Å². The van der Waals surface area contributed by atoms with Crippen LogP contribution in [0.2, 0.25) is 0 Å². The van der Waals surface area contributed by atoms with Crippen LogP contribution in [0, 0.1) is 23.2 Å². The molecule has 3 rings (SSSR count). The quantitative estimate of drug-likeness (QED) is 0.842. The van der Waals surface area contributed by atoms with Gasteiger partial charge in [0.15, 0.2) is 0 Å². The predicted octanol–water partition coefficient (Wildman–Crippen LogP) is 3.17. The third-order valence-electron chi connectivity index (χ3n) is 4.79. The summed E-state index contributed by atoms with van der Waals surface area (Å²) in [6.07, 6.45) is 2.86. The first-order chi connectivity index (χ1) is 9.67. The molecule has 0 unspecified atom stereocenters. The van der Waals surface area contributed by atoms with Gasteiger partial charge in [-0.1, -0.05) is 12.1 Å². The van der Waals surface area contributed by atoms with E-state index >= 15 is 0 Å². The molecule has 0 radical (unpaired) electrons. The lowest BCUT2D eigenvalue weighted by molar-refractivity contribution is 0.233. The third-order valence-corrected chi connectivity index (χ3v) is 4.79. The average Bonchev–Trinajstić information content (AvgIpc) is 3.21. The zero-order valence-corrected chi connectivity index (χ0v) is 14.9. The minimum atomic E-state index is 0. The molecule has 1 saturated carbocycles. The molecule has 5 heteroatoms. The first kappa shape index (κ1) is 19.3. The van der Waals surface area contributed by atoms with Gasteiger partial charge in [-0.3, -0.25) is 4.90 Å². The summed E-state index contributed by atoms with van der Waals surface area (Å²) in [6.45, 7) is 3.42. The Kier molecular flexibility index (Phi) is 7.15. The van der Waals surface area contributed by atoms with E-state index in [4.69, 9.17) is 5.26 Å². The van der Waals surface area contributed by atoms with Crippen molar-refractivity contribution < 1.29 is 0 Å². The molecule has 1 heterocycles. The second kappa shape index (κ2) is 8.17. The van der Waals surface area contributed by atoms with Crippen LogP contribution < -0.4 is 0 Å². The van der Waals surface area contributed by atoms with E-state index in [0.717, 1.165) is 23.9 Å². The topological polar surface area (TPSA) is 30.3 Å². The highest BCUT2D eigenvalue weighted by molar-refractivity contribution is 5.85. The monoisotopic (exact) mass is 341 g/mol. The molecule has 1 aliphatic carbocycles. The summed E-state index contributed by atoms with van der Waals surface area (Å²) in [6, 6.07) is 10.9. The van der Waals surface area contributed by atoms with Gasteiger partial charge in [0.2, 0.25) is 0 Å². The molecular formula is C17H25Cl2N3. The maximum Gasteiger partial charge on any atom is 0.0991 e. The number of nitrogens with zero attached hydrogens (tertiary/aromatic N) is 3. The normalized spacial score (nSPS) is 24.5. The molecule has 0 bridgehead atoms. The zero-order valence-electron chi connectivity index (χ0n) is 13.2. The highest BCUT2D eigenvalue weighted by atomic mass is 35.5. The first-order valence-electron chi connectivity index (χ1n) is 7.55. The van der Waals surface area contributed by atoms with Gasteiger partial charge in [-0.2, -0.15) is 5.26 Å². The SMILES string of the molecule is CN(C)[C@H]1CN(Cc2ccc(C#N)cc2)C[C@@H]1C1CC1.Cl.Cl. The van der Waals surface area contributed by atoms with Crippen molar-refractivity contribution in [1.29, 1.82) is 5.26 Å². The number of benzene rings is 1. The third kappa shape index (κ3) is 4.36. The number of likely N-dealkylation sites (N-methyl/N-ethyl adjacent to an activating group) is 1. The van der Waals surface area contributed by atoms with Crippen LogP contribution in [0.3, 0.4) is 0 Å². The van der Waals surface area contributed by atoms with Gasteiger partial charge in [0, 0.05) is 25.7 Å². The van der Waals surface area contributed by atoms with Crippen molar-refractivity contribution in [3.8, 4) is 6.07 Å². The summed E-state index contributed by atoms with van der Waals surface area (Å²) in [5.41, 5.74) is 2.06. The van der Waals surface area contributed by atoms with Crippen LogP contribution in [0.5, 0.6) is 0 Å². The van der Waals surface area contributed by atoms with E-state index in [1.807, 2.05) is 12.1 Å². The lowest BCUT2D eigenvalue weighted by Crippen LogP contribution is -2.36. The van der Waals surface area contributed by atoms with Crippen molar-refractivity contribution in [2.75, 3.05) is 27.2 Å². The van der Waals surface area contributed by atoms with Crippen LogP contribution in [0.25, 0.3) is 0 Å². The number of nitriles is 1. The Morgan fingerprint density at radius 3 is 2.27 bits per heavy atom. The molecule has 0 N–H and O–H groups in total. The van der Waals surface area contributed by atoms with E-state index in [-0.39, 0.29) is 24.8 Å². The van der Waals surface area contributed by atoms with E-state index in [2.05, 4.69) is 42.1 Å². The summed E-state index contributed by atoms with van der Waals surface area (Å²) >= 11 is 0. The molecule has 0 spiro atoms. The zero-order chi connectivity index (χ0) is 14.1. The Hall–Kier alpha value is -0.790. The maximum absolute atomic E-state index is 8.85. The van der Waals surface area contributed by atoms with E-state index in [0.29, 0.717) is 6.04 Å². The Morgan fingerprint density at radius 2 is 1.77 bits per heavy atom. The van der Waals surface area contributed by atoms with E-state index in [1.54, 1.807) is 0 Å². The van der Waals surface area contributed by atoms with Gasteiger partial charge in [-0.25, -0.2) is 0 Å². The molecule has 2 aliphatic rings. The Morgan fingerprint density at radius 1 is 1.14 bits per heavy atom. The largest absolute Gasteiger partial charge is 0.305 e. The summed E-state index contributed by atoms with van der Waals surface area (Å²) in [4.78, 5) is 4.98. The summed E-state index contributed by atoms with van der Waals surface area (Å²) in [5.74, 6) is 1.82. The highest BCUT2D eigenvalue weighted by Crippen LogP contribution is 2.42. The van der Waals surface area contributed by atoms with Gasteiger partial charge in [0.1, 0.15) is 0 Å². The van der Waals surface area contributed by atoms with Crippen LogP contribution in [0.4, 0.5) is 0 Å². The number of halogens is 2. The maximum atomic E-state index is 8.85. The van der Waals surface area contributed by atoms with Crippen molar-refractivity contribution in [1.82, 2.24) is 9.80 Å². The molecule has 3 nitrogen and oxygen atoms in total. The van der Waals surface area contributed by atoms with Crippen LogP contribution in [-0.2, 0) is 6.54 Å². The van der Waals surface area contributed by atoms with Gasteiger partial charge in [-0.15, -0.1) is 24.8 Å². The van der Waals surface area contributed by atoms with Gasteiger partial charge in [0.25, 0.3) is 0 Å². The fourth-order valence-electron chi connectivity index (χ4n) is 3.50. The molecule has 122 valence electrons. The standard InChI is InChI=1S/C17H23N3.2ClH/c1-19(2)17-12-20(11-16(17)15-7-8-15)10-14-5-3-13(9-18)4-6-14;;/h3-6,15-17H,7-8,10-12H2,1-2H3;2*1H/t16-,17+;;/m1../s1. The number of hydrogen-bond acceptors (Lipinski definition) is 3. The predicted molar refractivity (Wildman–Crippen MR) is 94.6 cm³/mol. The molecule has 22 heavy (non-hydrogen) atoms. The van der Waals surface area contributed by atoms with E-state index in [9.17, 15) is 0 Å². The lowest BCUT2D eigenvalue weighted by atomic mass is 9.97. The minimum absolute atomic E-state index is 0. The van der Waals surface area contributed by atoms with Crippen LogP contribution in [0.15, 0.2) is 24.3 Å². The molecule has 0 amide bonds. The average molecular weight is 342 g/mol.